The van der Waals surface area contributed by atoms with Gasteiger partial charge in [-0.05, 0) is 48.8 Å². The Hall–Kier alpha value is -1.94. The average molecular weight is 345 g/mol. The average Bonchev–Trinajstić information content (AvgIpc) is 2.61. The van der Waals surface area contributed by atoms with Crippen LogP contribution < -0.4 is 4.74 Å². The van der Waals surface area contributed by atoms with Gasteiger partial charge in [-0.25, -0.2) is 4.98 Å². The smallest absolute Gasteiger partial charge is 0.154 e. The summed E-state index contributed by atoms with van der Waals surface area (Å²) in [6.45, 7) is 2.42. The summed E-state index contributed by atoms with van der Waals surface area (Å²) in [4.78, 5) is 19.6. The Morgan fingerprint density at radius 1 is 1.33 bits per heavy atom. The molecular weight excluding hydrogens is 324 g/mol. The van der Waals surface area contributed by atoms with Gasteiger partial charge < -0.3 is 4.74 Å². The number of pyridine rings is 2. The number of nitrogens with zero attached hydrogens (tertiary/aromatic N) is 2. The van der Waals surface area contributed by atoms with E-state index in [1.54, 1.807) is 18.6 Å². The molecule has 0 saturated heterocycles. The number of carbonyl (C=O) groups is 1. The van der Waals surface area contributed by atoms with Crippen LogP contribution >= 0.6 is 11.6 Å². The van der Waals surface area contributed by atoms with Gasteiger partial charge in [0.05, 0.1) is 18.4 Å². The van der Waals surface area contributed by atoms with Gasteiger partial charge in [-0.15, -0.1) is 0 Å². The van der Waals surface area contributed by atoms with Crippen LogP contribution in [0.3, 0.4) is 0 Å². The zero-order valence-corrected chi connectivity index (χ0v) is 14.5. The molecule has 0 radical (unpaired) electrons. The molecule has 5 heteroatoms. The molecule has 0 aliphatic heterocycles. The van der Waals surface area contributed by atoms with Gasteiger partial charge in [0, 0.05) is 12.4 Å². The molecule has 2 atom stereocenters. The Morgan fingerprint density at radius 3 is 2.96 bits per heavy atom. The first-order valence-electron chi connectivity index (χ1n) is 8.33. The van der Waals surface area contributed by atoms with Gasteiger partial charge in [0.25, 0.3) is 0 Å². The second-order valence-corrected chi connectivity index (χ2v) is 6.69. The number of aryl methyl sites for hydroxylation is 1. The maximum atomic E-state index is 11.3. The van der Waals surface area contributed by atoms with E-state index < -0.39 is 0 Å². The van der Waals surface area contributed by atoms with E-state index in [4.69, 9.17) is 16.3 Å². The molecule has 126 valence electrons. The molecule has 3 rings (SSSR count). The summed E-state index contributed by atoms with van der Waals surface area (Å²) in [7, 11) is 0. The monoisotopic (exact) mass is 344 g/mol. The van der Waals surface area contributed by atoms with Crippen molar-refractivity contribution in [2.45, 2.75) is 38.5 Å². The van der Waals surface area contributed by atoms with Gasteiger partial charge >= 0.3 is 0 Å². The van der Waals surface area contributed by atoms with Gasteiger partial charge in [0.2, 0.25) is 0 Å². The molecule has 1 aliphatic rings. The van der Waals surface area contributed by atoms with Crippen LogP contribution in [0.5, 0.6) is 5.75 Å². The maximum absolute atomic E-state index is 11.3. The van der Waals surface area contributed by atoms with E-state index >= 15 is 0 Å². The van der Waals surface area contributed by atoms with Crippen LogP contribution in [0.25, 0.3) is 0 Å². The fourth-order valence-corrected chi connectivity index (χ4v) is 3.76. The Morgan fingerprint density at radius 2 is 2.17 bits per heavy atom. The number of aldehydes is 1. The summed E-state index contributed by atoms with van der Waals surface area (Å²) in [5.74, 6) is 1.27. The lowest BCUT2D eigenvalue weighted by Gasteiger charge is -2.32. The second-order valence-electron chi connectivity index (χ2n) is 6.33. The highest BCUT2D eigenvalue weighted by molar-refractivity contribution is 6.30. The summed E-state index contributed by atoms with van der Waals surface area (Å²) in [5, 5.41) is 0.584. The Bertz CT molecular complexity index is 720. The van der Waals surface area contributed by atoms with E-state index in [0.29, 0.717) is 34.9 Å². The molecule has 0 N–H and O–H groups in total. The molecule has 2 aromatic heterocycles. The van der Waals surface area contributed by atoms with Crippen molar-refractivity contribution in [1.29, 1.82) is 0 Å². The Kier molecular flexibility index (Phi) is 5.46. The molecule has 1 fully saturated rings. The third kappa shape index (κ3) is 3.59. The maximum Gasteiger partial charge on any atom is 0.154 e. The second kappa shape index (κ2) is 7.75. The molecule has 1 aliphatic carbocycles. The summed E-state index contributed by atoms with van der Waals surface area (Å²) in [5.41, 5.74) is 2.51. The van der Waals surface area contributed by atoms with Crippen LogP contribution in [0.1, 0.15) is 53.1 Å². The van der Waals surface area contributed by atoms with Crippen LogP contribution in [0.2, 0.25) is 5.15 Å². The predicted molar refractivity (Wildman–Crippen MR) is 93.8 cm³/mol. The van der Waals surface area contributed by atoms with E-state index in [9.17, 15) is 4.79 Å². The highest BCUT2D eigenvalue weighted by atomic mass is 35.5. The highest BCUT2D eigenvalue weighted by Crippen LogP contribution is 2.40. The van der Waals surface area contributed by atoms with Gasteiger partial charge in [-0.1, -0.05) is 30.5 Å². The number of hydrogen-bond acceptors (Lipinski definition) is 4. The SMILES string of the molecule is Cc1cncc(OCC2CCCCC2c2cccnc2Cl)c1C=O. The van der Waals surface area contributed by atoms with Gasteiger partial charge in [0.1, 0.15) is 10.9 Å². The zero-order chi connectivity index (χ0) is 16.9. The standard InChI is InChI=1S/C19H21ClN2O2/c1-13-9-21-10-18(17(13)11-23)24-12-14-5-2-3-6-15(14)16-7-4-8-22-19(16)20/h4,7-11,14-15H,2-3,5-6,12H2,1H3. The molecule has 1 saturated carbocycles. The van der Waals surface area contributed by atoms with E-state index in [2.05, 4.69) is 16.0 Å². The minimum atomic E-state index is 0.345. The lowest BCUT2D eigenvalue weighted by molar-refractivity contribution is 0.111. The van der Waals surface area contributed by atoms with Crippen molar-refractivity contribution in [2.75, 3.05) is 6.61 Å². The molecule has 0 aromatic carbocycles. The first kappa shape index (κ1) is 16.9. The number of aromatic nitrogens is 2. The first-order chi connectivity index (χ1) is 11.7. The lowest BCUT2D eigenvalue weighted by Crippen LogP contribution is -2.24. The number of rotatable bonds is 5. The summed E-state index contributed by atoms with van der Waals surface area (Å²) < 4.78 is 5.98. The van der Waals surface area contributed by atoms with Crippen molar-refractivity contribution in [3.8, 4) is 5.75 Å². The molecule has 0 amide bonds. The number of hydrogen-bond donors (Lipinski definition) is 0. The van der Waals surface area contributed by atoms with Crippen LogP contribution in [-0.4, -0.2) is 22.9 Å². The molecule has 2 aromatic rings. The quantitative estimate of drug-likeness (QED) is 0.587. The zero-order valence-electron chi connectivity index (χ0n) is 13.7. The lowest BCUT2D eigenvalue weighted by atomic mass is 9.76. The molecule has 24 heavy (non-hydrogen) atoms. The third-order valence-corrected chi connectivity index (χ3v) is 5.13. The highest BCUT2D eigenvalue weighted by Gasteiger charge is 2.29. The molecule has 0 spiro atoms. The Balaban J connectivity index is 1.77. The van der Waals surface area contributed by atoms with E-state index in [0.717, 1.165) is 30.3 Å². The number of ether oxygens (including phenoxy) is 1. The largest absolute Gasteiger partial charge is 0.491 e. The van der Waals surface area contributed by atoms with E-state index in [-0.39, 0.29) is 0 Å². The van der Waals surface area contributed by atoms with Crippen molar-refractivity contribution in [3.05, 3.63) is 52.6 Å². The number of carbonyl (C=O) groups excluding carboxylic acids is 1. The Labute approximate surface area is 147 Å². The van der Waals surface area contributed by atoms with Crippen molar-refractivity contribution in [3.63, 3.8) is 0 Å². The van der Waals surface area contributed by atoms with Gasteiger partial charge in [-0.2, -0.15) is 0 Å². The van der Waals surface area contributed by atoms with Crippen LogP contribution in [0.4, 0.5) is 0 Å². The van der Waals surface area contributed by atoms with Crippen LogP contribution in [0.15, 0.2) is 30.7 Å². The summed E-state index contributed by atoms with van der Waals surface area (Å²) >= 11 is 6.30. The minimum absolute atomic E-state index is 0.345. The van der Waals surface area contributed by atoms with Gasteiger partial charge in [0.15, 0.2) is 6.29 Å². The molecular formula is C19H21ClN2O2. The summed E-state index contributed by atoms with van der Waals surface area (Å²) in [6.07, 6.45) is 10.4. The van der Waals surface area contributed by atoms with Crippen molar-refractivity contribution < 1.29 is 9.53 Å². The summed E-state index contributed by atoms with van der Waals surface area (Å²) in [6, 6.07) is 3.99. The predicted octanol–water partition coefficient (Wildman–Crippen LogP) is 4.60. The molecule has 2 unspecified atom stereocenters. The van der Waals surface area contributed by atoms with Crippen LogP contribution in [-0.2, 0) is 0 Å². The van der Waals surface area contributed by atoms with Crippen molar-refractivity contribution >= 4 is 17.9 Å². The molecule has 0 bridgehead atoms. The van der Waals surface area contributed by atoms with Gasteiger partial charge in [-0.3, -0.25) is 9.78 Å². The fraction of sp³-hybridized carbons (Fsp3) is 0.421. The normalized spacial score (nSPS) is 20.6. The molecule has 4 nitrogen and oxygen atoms in total. The van der Waals surface area contributed by atoms with Crippen LogP contribution in [0, 0.1) is 12.8 Å². The third-order valence-electron chi connectivity index (χ3n) is 4.82. The van der Waals surface area contributed by atoms with E-state index in [1.807, 2.05) is 13.0 Å². The van der Waals surface area contributed by atoms with E-state index in [1.165, 1.54) is 12.8 Å². The van der Waals surface area contributed by atoms with Crippen molar-refractivity contribution in [1.82, 2.24) is 9.97 Å². The first-order valence-corrected chi connectivity index (χ1v) is 8.71. The minimum Gasteiger partial charge on any atom is -0.491 e. The van der Waals surface area contributed by atoms with Crippen molar-refractivity contribution in [2.24, 2.45) is 5.92 Å². The molecule has 2 heterocycles. The topological polar surface area (TPSA) is 52.1 Å². The number of halogens is 1. The fourth-order valence-electron chi connectivity index (χ4n) is 3.50.